The van der Waals surface area contributed by atoms with E-state index in [0.717, 1.165) is 30.9 Å². The van der Waals surface area contributed by atoms with Gasteiger partial charge in [-0.15, -0.1) is 0 Å². The Morgan fingerprint density at radius 3 is 2.62 bits per heavy atom. The smallest absolute Gasteiger partial charge is 0.382 e. The maximum absolute atomic E-state index is 13.4. The van der Waals surface area contributed by atoms with E-state index >= 15 is 0 Å². The molecule has 1 fully saturated rings. The lowest BCUT2D eigenvalue weighted by molar-refractivity contribution is -0.140. The Bertz CT molecular complexity index is 1200. The lowest BCUT2D eigenvalue weighted by Crippen LogP contribution is -2.28. The number of hydrogen-bond acceptors (Lipinski definition) is 3. The molecule has 1 N–H and O–H groups in total. The van der Waals surface area contributed by atoms with E-state index < -0.39 is 11.9 Å². The second kappa shape index (κ2) is 10.2. The number of alkyl halides is 3. The van der Waals surface area contributed by atoms with Crippen molar-refractivity contribution >= 4 is 28.7 Å². The molecule has 0 bridgehead atoms. The number of anilines is 1. The molecule has 176 valence electrons. The van der Waals surface area contributed by atoms with Crippen LogP contribution >= 0.6 is 0 Å². The van der Waals surface area contributed by atoms with Crippen molar-refractivity contribution in [3.05, 3.63) is 84.1 Å². The maximum Gasteiger partial charge on any atom is 0.433 e. The third-order valence-corrected chi connectivity index (χ3v) is 6.05. The van der Waals surface area contributed by atoms with Gasteiger partial charge in [0.2, 0.25) is 0 Å². The van der Waals surface area contributed by atoms with Gasteiger partial charge in [0.25, 0.3) is 5.91 Å². The summed E-state index contributed by atoms with van der Waals surface area (Å²) >= 11 is 0. The average Bonchev–Trinajstić information content (AvgIpc) is 2.83. The summed E-state index contributed by atoms with van der Waals surface area (Å²) in [4.78, 5) is 20.3. The zero-order valence-corrected chi connectivity index (χ0v) is 18.7. The van der Waals surface area contributed by atoms with Gasteiger partial charge in [-0.05, 0) is 42.9 Å². The van der Waals surface area contributed by atoms with Gasteiger partial charge in [0, 0.05) is 35.3 Å². The Hall–Kier alpha value is -3.48. The van der Waals surface area contributed by atoms with E-state index in [0.29, 0.717) is 35.0 Å². The number of amides is 1. The first-order chi connectivity index (χ1) is 16.3. The van der Waals surface area contributed by atoms with Crippen molar-refractivity contribution in [3.63, 3.8) is 0 Å². The Morgan fingerprint density at radius 1 is 1.12 bits per heavy atom. The Labute approximate surface area is 196 Å². The van der Waals surface area contributed by atoms with Gasteiger partial charge in [-0.25, -0.2) is 9.98 Å². The molecule has 3 aromatic rings. The summed E-state index contributed by atoms with van der Waals surface area (Å²) < 4.78 is 40.1. The quantitative estimate of drug-likeness (QED) is 0.329. The Kier molecular flexibility index (Phi) is 7.10. The number of fused-ring (bicyclic) bond motifs is 1. The van der Waals surface area contributed by atoms with Gasteiger partial charge in [-0.1, -0.05) is 61.5 Å². The predicted molar refractivity (Wildman–Crippen MR) is 129 cm³/mol. The van der Waals surface area contributed by atoms with E-state index in [4.69, 9.17) is 0 Å². The fourth-order valence-electron chi connectivity index (χ4n) is 4.34. The van der Waals surface area contributed by atoms with Gasteiger partial charge in [0.1, 0.15) is 5.69 Å². The molecule has 2 unspecified atom stereocenters. The highest BCUT2D eigenvalue weighted by atomic mass is 19.4. The summed E-state index contributed by atoms with van der Waals surface area (Å²) in [5.74, 6) is -0.274. The summed E-state index contributed by atoms with van der Waals surface area (Å²) in [6, 6.07) is 17.5. The molecule has 0 saturated heterocycles. The molecule has 0 radical (unpaired) electrons. The minimum atomic E-state index is -4.52. The van der Waals surface area contributed by atoms with E-state index in [1.54, 1.807) is 30.5 Å². The number of rotatable bonds is 6. The van der Waals surface area contributed by atoms with Crippen LogP contribution in [0.5, 0.6) is 0 Å². The zero-order chi connectivity index (χ0) is 24.1. The highest BCUT2D eigenvalue weighted by Gasteiger charge is 2.33. The Morgan fingerprint density at radius 2 is 1.85 bits per heavy atom. The fourth-order valence-corrected chi connectivity index (χ4v) is 4.34. The van der Waals surface area contributed by atoms with E-state index in [-0.39, 0.29) is 17.9 Å². The normalized spacial score (nSPS) is 18.8. The molecule has 1 aliphatic rings. The highest BCUT2D eigenvalue weighted by Crippen LogP contribution is 2.34. The van der Waals surface area contributed by atoms with Crippen molar-refractivity contribution < 1.29 is 18.0 Å². The lowest BCUT2D eigenvalue weighted by Gasteiger charge is -2.29. The molecule has 2 aromatic carbocycles. The molecule has 1 aliphatic carbocycles. The SMILES string of the molecule is C=C(Cc1ccccc1)C(=O)/N=C\C1CCCC(Nc2cc(C(F)(F)F)nc3ccccc23)C1. The minimum Gasteiger partial charge on any atom is -0.382 e. The molecule has 1 saturated carbocycles. The molecule has 7 heteroatoms. The van der Waals surface area contributed by atoms with Gasteiger partial charge >= 0.3 is 6.18 Å². The first-order valence-electron chi connectivity index (χ1n) is 11.3. The number of nitrogens with one attached hydrogen (secondary N) is 1. The molecule has 0 aliphatic heterocycles. The molecule has 2 atom stereocenters. The van der Waals surface area contributed by atoms with Gasteiger partial charge in [-0.2, -0.15) is 13.2 Å². The van der Waals surface area contributed by atoms with Crippen molar-refractivity contribution in [1.29, 1.82) is 0 Å². The Balaban J connectivity index is 1.43. The summed E-state index contributed by atoms with van der Waals surface area (Å²) in [5, 5.41) is 3.96. The molecule has 4 nitrogen and oxygen atoms in total. The van der Waals surface area contributed by atoms with Crippen molar-refractivity contribution in [1.82, 2.24) is 4.98 Å². The monoisotopic (exact) mass is 465 g/mol. The third-order valence-electron chi connectivity index (χ3n) is 6.05. The van der Waals surface area contributed by atoms with Crippen LogP contribution in [0.4, 0.5) is 18.9 Å². The van der Waals surface area contributed by atoms with Crippen LogP contribution in [0.25, 0.3) is 10.9 Å². The van der Waals surface area contributed by atoms with Crippen LogP contribution in [0.15, 0.2) is 77.8 Å². The van der Waals surface area contributed by atoms with Crippen molar-refractivity contribution in [2.75, 3.05) is 5.32 Å². The van der Waals surface area contributed by atoms with Gasteiger partial charge < -0.3 is 5.32 Å². The number of para-hydroxylation sites is 1. The first kappa shape index (κ1) is 23.7. The maximum atomic E-state index is 13.4. The standard InChI is InChI=1S/C27H26F3N3O/c1-18(14-19-8-3-2-4-9-19)26(34)31-17-20-10-7-11-21(15-20)32-24-16-25(27(28,29)30)33-23-13-6-5-12-22(23)24/h2-6,8-9,12-13,16-17,20-21H,1,7,10-11,14-15H2,(H,32,33)/b31-17-. The van der Waals surface area contributed by atoms with E-state index in [1.807, 2.05) is 30.3 Å². The molecule has 34 heavy (non-hydrogen) atoms. The number of aliphatic imine (C=N–C) groups is 1. The summed E-state index contributed by atoms with van der Waals surface area (Å²) in [6.45, 7) is 3.87. The number of nitrogens with zero attached hydrogens (tertiary/aromatic N) is 2. The van der Waals surface area contributed by atoms with Crippen molar-refractivity contribution in [2.24, 2.45) is 10.9 Å². The van der Waals surface area contributed by atoms with Gasteiger partial charge in [0.05, 0.1) is 5.52 Å². The van der Waals surface area contributed by atoms with Crippen LogP contribution in [0.2, 0.25) is 0 Å². The van der Waals surface area contributed by atoms with Crippen molar-refractivity contribution in [3.8, 4) is 0 Å². The van der Waals surface area contributed by atoms with Crippen molar-refractivity contribution in [2.45, 2.75) is 44.3 Å². The van der Waals surface area contributed by atoms with Crippen LogP contribution in [0.1, 0.15) is 36.9 Å². The number of aromatic nitrogens is 1. The number of hydrogen-bond donors (Lipinski definition) is 1. The minimum absolute atomic E-state index is 0.0280. The number of benzene rings is 2. The number of halogens is 3. The third kappa shape index (κ3) is 5.90. The second-order valence-corrected chi connectivity index (χ2v) is 8.69. The molecular formula is C27H26F3N3O. The average molecular weight is 466 g/mol. The molecule has 1 amide bonds. The van der Waals surface area contributed by atoms with E-state index in [2.05, 4.69) is 21.9 Å². The highest BCUT2D eigenvalue weighted by molar-refractivity contribution is 5.98. The van der Waals surface area contributed by atoms with E-state index in [1.165, 1.54) is 0 Å². The first-order valence-corrected chi connectivity index (χ1v) is 11.3. The number of pyridine rings is 1. The molecular weight excluding hydrogens is 439 g/mol. The van der Waals surface area contributed by atoms with Crippen LogP contribution in [0.3, 0.4) is 0 Å². The van der Waals surface area contributed by atoms with Crippen LogP contribution in [-0.4, -0.2) is 23.1 Å². The van der Waals surface area contributed by atoms with Crippen LogP contribution in [-0.2, 0) is 17.4 Å². The molecule has 1 heterocycles. The summed E-state index contributed by atoms with van der Waals surface area (Å²) in [7, 11) is 0. The van der Waals surface area contributed by atoms with Crippen LogP contribution in [0, 0.1) is 5.92 Å². The van der Waals surface area contributed by atoms with Gasteiger partial charge in [-0.3, -0.25) is 4.79 Å². The van der Waals surface area contributed by atoms with Crippen LogP contribution < -0.4 is 5.32 Å². The molecule has 0 spiro atoms. The lowest BCUT2D eigenvalue weighted by atomic mass is 9.86. The zero-order valence-electron chi connectivity index (χ0n) is 18.7. The van der Waals surface area contributed by atoms with E-state index in [9.17, 15) is 18.0 Å². The number of carbonyl (C=O) groups is 1. The second-order valence-electron chi connectivity index (χ2n) is 8.69. The fraction of sp³-hybridized carbons (Fsp3) is 0.296. The van der Waals surface area contributed by atoms with Gasteiger partial charge in [0.15, 0.2) is 0 Å². The molecule has 4 rings (SSSR count). The summed E-state index contributed by atoms with van der Waals surface area (Å²) in [6.07, 6.45) is 0.885. The molecule has 1 aromatic heterocycles. The summed E-state index contributed by atoms with van der Waals surface area (Å²) in [5.41, 5.74) is 1.24. The number of carbonyl (C=O) groups excluding carboxylic acids is 1. The largest absolute Gasteiger partial charge is 0.433 e. The predicted octanol–water partition coefficient (Wildman–Crippen LogP) is 6.62. The topological polar surface area (TPSA) is 54.4 Å².